The molecule has 0 fully saturated rings. The molecule has 1 N–H and O–H groups in total. The van der Waals surface area contributed by atoms with Crippen LogP contribution >= 0.6 is 15.9 Å². The summed E-state index contributed by atoms with van der Waals surface area (Å²) >= 11 is 3.47. The van der Waals surface area contributed by atoms with Gasteiger partial charge < -0.3 is 10.1 Å². The lowest BCUT2D eigenvalue weighted by Crippen LogP contribution is -2.36. The van der Waals surface area contributed by atoms with Crippen molar-refractivity contribution in [2.24, 2.45) is 0 Å². The van der Waals surface area contributed by atoms with Gasteiger partial charge in [0.2, 0.25) is 0 Å². The molecule has 19 heavy (non-hydrogen) atoms. The van der Waals surface area contributed by atoms with Crippen molar-refractivity contribution in [3.05, 3.63) is 34.3 Å². The number of nitrogens with one attached hydrogen (secondary N) is 1. The molecule has 0 aliphatic carbocycles. The van der Waals surface area contributed by atoms with Crippen LogP contribution < -0.4 is 5.32 Å². The first-order valence-electron chi connectivity index (χ1n) is 7.04. The van der Waals surface area contributed by atoms with Crippen molar-refractivity contribution in [3.8, 4) is 0 Å². The van der Waals surface area contributed by atoms with E-state index >= 15 is 0 Å². The van der Waals surface area contributed by atoms with Crippen molar-refractivity contribution >= 4 is 15.9 Å². The molecule has 0 spiro atoms. The van der Waals surface area contributed by atoms with Gasteiger partial charge in [-0.25, -0.2) is 0 Å². The number of hydrogen-bond acceptors (Lipinski definition) is 2. The zero-order chi connectivity index (χ0) is 14.1. The molecule has 0 aromatic heterocycles. The summed E-state index contributed by atoms with van der Waals surface area (Å²) in [6.45, 7) is 9.26. The number of rotatable bonds is 8. The number of unbranched alkanes of at least 4 members (excludes halogenated alkanes) is 2. The number of benzene rings is 1. The van der Waals surface area contributed by atoms with Gasteiger partial charge in [0, 0.05) is 16.6 Å². The fourth-order valence-corrected chi connectivity index (χ4v) is 2.23. The number of ether oxygens (including phenoxy) is 1. The van der Waals surface area contributed by atoms with Gasteiger partial charge >= 0.3 is 0 Å². The predicted molar refractivity (Wildman–Crippen MR) is 85.4 cm³/mol. The summed E-state index contributed by atoms with van der Waals surface area (Å²) in [6.07, 6.45) is 3.58. The van der Waals surface area contributed by atoms with Gasteiger partial charge in [0.1, 0.15) is 0 Å². The van der Waals surface area contributed by atoms with Gasteiger partial charge in [0.15, 0.2) is 0 Å². The van der Waals surface area contributed by atoms with E-state index in [1.807, 2.05) is 12.1 Å². The van der Waals surface area contributed by atoms with Crippen LogP contribution in [0.3, 0.4) is 0 Å². The van der Waals surface area contributed by atoms with Crippen molar-refractivity contribution in [3.63, 3.8) is 0 Å². The van der Waals surface area contributed by atoms with Crippen LogP contribution in [0.2, 0.25) is 0 Å². The van der Waals surface area contributed by atoms with Crippen LogP contribution in [0.25, 0.3) is 0 Å². The average Bonchev–Trinajstić information content (AvgIpc) is 2.31. The van der Waals surface area contributed by atoms with E-state index in [-0.39, 0.29) is 5.54 Å². The normalized spacial score (nSPS) is 11.8. The van der Waals surface area contributed by atoms with Crippen molar-refractivity contribution in [1.29, 1.82) is 0 Å². The molecule has 0 amide bonds. The van der Waals surface area contributed by atoms with E-state index in [0.717, 1.165) is 24.0 Å². The average molecular weight is 328 g/mol. The standard InChI is InChI=1S/C16H26BrNO/c1-16(2,3)18-10-5-4-6-11-19-13-14-8-7-9-15(17)12-14/h7-9,12,18H,4-6,10-11,13H2,1-3H3. The Bertz CT molecular complexity index is 360. The van der Waals surface area contributed by atoms with Crippen LogP contribution in [0, 0.1) is 0 Å². The van der Waals surface area contributed by atoms with Gasteiger partial charge in [0.05, 0.1) is 6.61 Å². The van der Waals surface area contributed by atoms with E-state index in [2.05, 4.69) is 54.2 Å². The molecule has 0 radical (unpaired) electrons. The third-order valence-electron chi connectivity index (χ3n) is 2.78. The second-order valence-electron chi connectivity index (χ2n) is 5.92. The highest BCUT2D eigenvalue weighted by Crippen LogP contribution is 2.12. The van der Waals surface area contributed by atoms with Crippen molar-refractivity contribution in [1.82, 2.24) is 5.32 Å². The molecule has 1 aromatic carbocycles. The van der Waals surface area contributed by atoms with E-state index in [4.69, 9.17) is 4.74 Å². The molecular formula is C16H26BrNO. The fraction of sp³-hybridized carbons (Fsp3) is 0.625. The van der Waals surface area contributed by atoms with Gasteiger partial charge in [-0.1, -0.05) is 28.1 Å². The summed E-state index contributed by atoms with van der Waals surface area (Å²) in [6, 6.07) is 8.28. The first-order chi connectivity index (χ1) is 8.97. The van der Waals surface area contributed by atoms with Gasteiger partial charge in [0.25, 0.3) is 0 Å². The maximum Gasteiger partial charge on any atom is 0.0717 e. The number of hydrogen-bond donors (Lipinski definition) is 1. The summed E-state index contributed by atoms with van der Waals surface area (Å²) in [7, 11) is 0. The topological polar surface area (TPSA) is 21.3 Å². The highest BCUT2D eigenvalue weighted by Gasteiger charge is 2.06. The summed E-state index contributed by atoms with van der Waals surface area (Å²) in [5, 5.41) is 3.50. The Morgan fingerprint density at radius 2 is 1.95 bits per heavy atom. The molecule has 0 saturated carbocycles. The molecule has 0 unspecified atom stereocenters. The molecule has 0 atom stereocenters. The smallest absolute Gasteiger partial charge is 0.0717 e. The van der Waals surface area contributed by atoms with Gasteiger partial charge in [-0.05, 0) is 64.3 Å². The van der Waals surface area contributed by atoms with Gasteiger partial charge in [-0.3, -0.25) is 0 Å². The molecule has 1 aromatic rings. The molecule has 1 rings (SSSR count). The summed E-state index contributed by atoms with van der Waals surface area (Å²) < 4.78 is 6.79. The Morgan fingerprint density at radius 3 is 2.63 bits per heavy atom. The molecule has 2 nitrogen and oxygen atoms in total. The highest BCUT2D eigenvalue weighted by molar-refractivity contribution is 9.10. The fourth-order valence-electron chi connectivity index (χ4n) is 1.79. The van der Waals surface area contributed by atoms with Gasteiger partial charge in [-0.2, -0.15) is 0 Å². The largest absolute Gasteiger partial charge is 0.377 e. The van der Waals surface area contributed by atoms with Crippen LogP contribution in [0.5, 0.6) is 0 Å². The van der Waals surface area contributed by atoms with Crippen LogP contribution in [0.1, 0.15) is 45.6 Å². The zero-order valence-corrected chi connectivity index (χ0v) is 13.9. The minimum absolute atomic E-state index is 0.233. The molecule has 3 heteroatoms. The van der Waals surface area contributed by atoms with E-state index < -0.39 is 0 Å². The Balaban J connectivity index is 1.97. The summed E-state index contributed by atoms with van der Waals surface area (Å²) in [5.74, 6) is 0. The van der Waals surface area contributed by atoms with Crippen LogP contribution in [-0.2, 0) is 11.3 Å². The van der Waals surface area contributed by atoms with Crippen LogP contribution in [-0.4, -0.2) is 18.7 Å². The molecule has 0 aliphatic heterocycles. The van der Waals surface area contributed by atoms with E-state index in [9.17, 15) is 0 Å². The Kier molecular flexibility index (Phi) is 7.66. The van der Waals surface area contributed by atoms with E-state index in [0.29, 0.717) is 6.61 Å². The predicted octanol–water partition coefficient (Wildman–Crippen LogP) is 4.52. The zero-order valence-electron chi connectivity index (χ0n) is 12.3. The molecule has 0 heterocycles. The van der Waals surface area contributed by atoms with E-state index in [1.165, 1.54) is 18.4 Å². The Hall–Kier alpha value is -0.380. The molecule has 0 bridgehead atoms. The van der Waals surface area contributed by atoms with E-state index in [1.54, 1.807) is 0 Å². The third-order valence-corrected chi connectivity index (χ3v) is 3.27. The summed E-state index contributed by atoms with van der Waals surface area (Å²) in [5.41, 5.74) is 1.46. The monoisotopic (exact) mass is 327 g/mol. The maximum atomic E-state index is 5.68. The SMILES string of the molecule is CC(C)(C)NCCCCCOCc1cccc(Br)c1. The van der Waals surface area contributed by atoms with Gasteiger partial charge in [-0.15, -0.1) is 0 Å². The molecular weight excluding hydrogens is 302 g/mol. The number of halogens is 1. The first-order valence-corrected chi connectivity index (χ1v) is 7.84. The quantitative estimate of drug-likeness (QED) is 0.708. The molecule has 0 aliphatic rings. The molecule has 0 saturated heterocycles. The highest BCUT2D eigenvalue weighted by atomic mass is 79.9. The lowest BCUT2D eigenvalue weighted by molar-refractivity contribution is 0.116. The van der Waals surface area contributed by atoms with Crippen molar-refractivity contribution in [2.75, 3.05) is 13.2 Å². The first kappa shape index (κ1) is 16.7. The maximum absolute atomic E-state index is 5.68. The molecule has 108 valence electrons. The second kappa shape index (κ2) is 8.72. The summed E-state index contributed by atoms with van der Waals surface area (Å²) in [4.78, 5) is 0. The van der Waals surface area contributed by atoms with Crippen LogP contribution in [0.15, 0.2) is 28.7 Å². The minimum Gasteiger partial charge on any atom is -0.377 e. The lowest BCUT2D eigenvalue weighted by atomic mass is 10.1. The lowest BCUT2D eigenvalue weighted by Gasteiger charge is -2.20. The Morgan fingerprint density at radius 1 is 1.16 bits per heavy atom. The minimum atomic E-state index is 0.233. The van der Waals surface area contributed by atoms with Crippen molar-refractivity contribution in [2.45, 2.75) is 52.2 Å². The third kappa shape index (κ3) is 9.20. The van der Waals surface area contributed by atoms with Crippen molar-refractivity contribution < 1.29 is 4.74 Å². The van der Waals surface area contributed by atoms with Crippen LogP contribution in [0.4, 0.5) is 0 Å². The Labute approximate surface area is 126 Å². The second-order valence-corrected chi connectivity index (χ2v) is 6.84.